The topological polar surface area (TPSA) is 64.9 Å². The van der Waals surface area contributed by atoms with E-state index in [9.17, 15) is 4.39 Å². The number of aromatic nitrogens is 2. The number of hydrogen-bond acceptors (Lipinski definition) is 4. The zero-order chi connectivity index (χ0) is 13.5. The molecule has 19 heavy (non-hydrogen) atoms. The van der Waals surface area contributed by atoms with Crippen LogP contribution < -0.4 is 5.73 Å². The third-order valence-electron chi connectivity index (χ3n) is 2.86. The van der Waals surface area contributed by atoms with Crippen LogP contribution >= 0.6 is 0 Å². The molecule has 0 aliphatic carbocycles. The number of nitrogens with zero attached hydrogens (tertiary/aromatic N) is 2. The molecule has 0 unspecified atom stereocenters. The van der Waals surface area contributed by atoms with E-state index < -0.39 is 0 Å². The predicted octanol–water partition coefficient (Wildman–Crippen LogP) is 2.47. The van der Waals surface area contributed by atoms with Crippen LogP contribution in [0.15, 0.2) is 28.8 Å². The zero-order valence-electron chi connectivity index (χ0n) is 10.8. The molecule has 0 spiro atoms. The summed E-state index contributed by atoms with van der Waals surface area (Å²) < 4.78 is 18.2. The first kappa shape index (κ1) is 13.7. The van der Waals surface area contributed by atoms with E-state index in [2.05, 4.69) is 10.1 Å². The molecular formula is C14H18FN3O. The normalized spacial score (nSPS) is 10.8. The lowest BCUT2D eigenvalue weighted by atomic mass is 10.1. The molecule has 0 bridgehead atoms. The highest BCUT2D eigenvalue weighted by Gasteiger charge is 2.07. The average Bonchev–Trinajstić information content (AvgIpc) is 2.82. The molecule has 1 heterocycles. The van der Waals surface area contributed by atoms with Crippen molar-refractivity contribution in [2.75, 3.05) is 6.54 Å². The second kappa shape index (κ2) is 6.99. The van der Waals surface area contributed by atoms with Crippen LogP contribution in [0.4, 0.5) is 4.39 Å². The lowest BCUT2D eigenvalue weighted by Crippen LogP contribution is -1.98. The lowest BCUT2D eigenvalue weighted by molar-refractivity contribution is 0.369. The average molecular weight is 263 g/mol. The van der Waals surface area contributed by atoms with E-state index in [1.54, 1.807) is 6.07 Å². The molecule has 1 aromatic heterocycles. The van der Waals surface area contributed by atoms with Crippen molar-refractivity contribution in [1.29, 1.82) is 0 Å². The molecule has 0 amide bonds. The first-order valence-electron chi connectivity index (χ1n) is 6.54. The summed E-state index contributed by atoms with van der Waals surface area (Å²) in [7, 11) is 0. The Morgan fingerprint density at radius 1 is 1.21 bits per heavy atom. The minimum absolute atomic E-state index is 0.247. The van der Waals surface area contributed by atoms with Crippen molar-refractivity contribution >= 4 is 0 Å². The van der Waals surface area contributed by atoms with Gasteiger partial charge in [0.05, 0.1) is 0 Å². The van der Waals surface area contributed by atoms with Gasteiger partial charge in [0, 0.05) is 12.8 Å². The molecule has 2 rings (SSSR count). The van der Waals surface area contributed by atoms with Crippen LogP contribution in [-0.4, -0.2) is 16.7 Å². The van der Waals surface area contributed by atoms with Gasteiger partial charge in [0.15, 0.2) is 5.82 Å². The summed E-state index contributed by atoms with van der Waals surface area (Å²) in [5.74, 6) is 0.992. The van der Waals surface area contributed by atoms with Crippen LogP contribution in [0.25, 0.3) is 0 Å². The van der Waals surface area contributed by atoms with E-state index in [1.807, 2.05) is 6.07 Å². The molecule has 1 aromatic carbocycles. The summed E-state index contributed by atoms with van der Waals surface area (Å²) in [6, 6.07) is 6.43. The van der Waals surface area contributed by atoms with Crippen molar-refractivity contribution in [2.45, 2.75) is 32.1 Å². The van der Waals surface area contributed by atoms with Gasteiger partial charge in [-0.1, -0.05) is 23.7 Å². The number of unbranched alkanes of at least 4 members (excludes halogenated alkanes) is 2. The van der Waals surface area contributed by atoms with Gasteiger partial charge in [-0.25, -0.2) is 4.39 Å². The van der Waals surface area contributed by atoms with Gasteiger partial charge >= 0.3 is 0 Å². The molecule has 5 heteroatoms. The summed E-state index contributed by atoms with van der Waals surface area (Å²) in [6.07, 6.45) is 4.35. The SMILES string of the molecule is NCCCCCc1nc(Cc2cccc(F)c2)no1. The van der Waals surface area contributed by atoms with E-state index in [0.29, 0.717) is 24.7 Å². The molecule has 2 N–H and O–H groups in total. The van der Waals surface area contributed by atoms with Gasteiger partial charge in [-0.15, -0.1) is 0 Å². The fraction of sp³-hybridized carbons (Fsp3) is 0.429. The summed E-state index contributed by atoms with van der Waals surface area (Å²) in [5, 5.41) is 3.91. The maximum Gasteiger partial charge on any atom is 0.226 e. The quantitative estimate of drug-likeness (QED) is 0.779. The molecule has 0 fully saturated rings. The third kappa shape index (κ3) is 4.44. The van der Waals surface area contributed by atoms with Crippen LogP contribution in [0, 0.1) is 5.82 Å². The number of benzene rings is 1. The maximum atomic E-state index is 13.0. The second-order valence-corrected chi connectivity index (χ2v) is 4.51. The molecule has 0 radical (unpaired) electrons. The monoisotopic (exact) mass is 263 g/mol. The van der Waals surface area contributed by atoms with Crippen LogP contribution in [0.2, 0.25) is 0 Å². The van der Waals surface area contributed by atoms with Crippen LogP contribution in [0.3, 0.4) is 0 Å². The molecule has 0 aliphatic rings. The largest absolute Gasteiger partial charge is 0.339 e. The van der Waals surface area contributed by atoms with E-state index >= 15 is 0 Å². The second-order valence-electron chi connectivity index (χ2n) is 4.51. The van der Waals surface area contributed by atoms with Crippen molar-refractivity contribution in [3.8, 4) is 0 Å². The van der Waals surface area contributed by atoms with Gasteiger partial charge in [-0.2, -0.15) is 4.98 Å². The summed E-state index contributed by atoms with van der Waals surface area (Å²) in [6.45, 7) is 0.717. The molecule has 0 atom stereocenters. The summed E-state index contributed by atoms with van der Waals surface area (Å²) >= 11 is 0. The first-order valence-corrected chi connectivity index (χ1v) is 6.54. The van der Waals surface area contributed by atoms with Gasteiger partial charge in [0.2, 0.25) is 5.89 Å². The zero-order valence-corrected chi connectivity index (χ0v) is 10.8. The maximum absolute atomic E-state index is 13.0. The fourth-order valence-corrected chi connectivity index (χ4v) is 1.89. The molecule has 0 aliphatic heterocycles. The number of rotatable bonds is 7. The Morgan fingerprint density at radius 3 is 2.89 bits per heavy atom. The minimum Gasteiger partial charge on any atom is -0.339 e. The van der Waals surface area contributed by atoms with Crippen LogP contribution in [0.1, 0.15) is 36.5 Å². The predicted molar refractivity (Wildman–Crippen MR) is 70.1 cm³/mol. The van der Waals surface area contributed by atoms with Gasteiger partial charge in [0.25, 0.3) is 0 Å². The highest BCUT2D eigenvalue weighted by atomic mass is 19.1. The molecule has 0 saturated carbocycles. The van der Waals surface area contributed by atoms with Crippen LogP contribution in [-0.2, 0) is 12.8 Å². The van der Waals surface area contributed by atoms with E-state index in [1.165, 1.54) is 12.1 Å². The number of halogens is 1. The van der Waals surface area contributed by atoms with Gasteiger partial charge in [-0.3, -0.25) is 0 Å². The Hall–Kier alpha value is -1.75. The smallest absolute Gasteiger partial charge is 0.226 e. The van der Waals surface area contributed by atoms with E-state index in [4.69, 9.17) is 10.3 Å². The molecule has 2 aromatic rings. The molecule has 4 nitrogen and oxygen atoms in total. The Morgan fingerprint density at radius 2 is 2.11 bits per heavy atom. The molecular weight excluding hydrogens is 245 g/mol. The Kier molecular flexibility index (Phi) is 5.03. The minimum atomic E-state index is -0.247. The van der Waals surface area contributed by atoms with Crippen molar-refractivity contribution in [1.82, 2.24) is 10.1 Å². The number of nitrogens with two attached hydrogens (primary N) is 1. The third-order valence-corrected chi connectivity index (χ3v) is 2.86. The first-order chi connectivity index (χ1) is 9.28. The number of aryl methyl sites for hydroxylation is 1. The standard InChI is InChI=1S/C14H18FN3O/c15-12-6-4-5-11(9-12)10-13-17-14(19-18-13)7-2-1-3-8-16/h4-6,9H,1-3,7-8,10,16H2. The highest BCUT2D eigenvalue weighted by Crippen LogP contribution is 2.10. The lowest BCUT2D eigenvalue weighted by Gasteiger charge is -1.96. The van der Waals surface area contributed by atoms with Crippen LogP contribution in [0.5, 0.6) is 0 Å². The van der Waals surface area contributed by atoms with Crippen molar-refractivity contribution in [3.05, 3.63) is 47.4 Å². The fourth-order valence-electron chi connectivity index (χ4n) is 1.89. The molecule has 0 saturated heterocycles. The number of hydrogen-bond donors (Lipinski definition) is 1. The summed E-state index contributed by atoms with van der Waals surface area (Å²) in [5.41, 5.74) is 6.27. The Labute approximate surface area is 111 Å². The van der Waals surface area contributed by atoms with E-state index in [0.717, 1.165) is 31.2 Å². The summed E-state index contributed by atoms with van der Waals surface area (Å²) in [4.78, 5) is 4.30. The Bertz CT molecular complexity index is 513. The Balaban J connectivity index is 1.87. The van der Waals surface area contributed by atoms with Crippen molar-refractivity contribution < 1.29 is 8.91 Å². The van der Waals surface area contributed by atoms with Gasteiger partial charge < -0.3 is 10.3 Å². The van der Waals surface area contributed by atoms with Gasteiger partial charge in [-0.05, 0) is 37.1 Å². The van der Waals surface area contributed by atoms with Crippen molar-refractivity contribution in [3.63, 3.8) is 0 Å². The highest BCUT2D eigenvalue weighted by molar-refractivity contribution is 5.19. The van der Waals surface area contributed by atoms with E-state index in [-0.39, 0.29) is 5.82 Å². The molecule has 102 valence electrons. The van der Waals surface area contributed by atoms with Crippen molar-refractivity contribution in [2.24, 2.45) is 5.73 Å². The van der Waals surface area contributed by atoms with Gasteiger partial charge in [0.1, 0.15) is 5.82 Å².